The second-order valence-electron chi connectivity index (χ2n) is 2.94. The molecule has 0 unspecified atom stereocenters. The molecule has 0 atom stereocenters. The molecule has 3 heteroatoms. The van der Waals surface area contributed by atoms with E-state index >= 15 is 0 Å². The molecule has 0 amide bonds. The van der Waals surface area contributed by atoms with Crippen molar-refractivity contribution in [2.45, 2.75) is 39.5 Å². The Kier molecular flexibility index (Phi) is 9.10. The summed E-state index contributed by atoms with van der Waals surface area (Å²) in [6.45, 7) is 6.01. The second-order valence-corrected chi connectivity index (χ2v) is 2.94. The van der Waals surface area contributed by atoms with Crippen LogP contribution in [0.2, 0.25) is 0 Å². The monoisotopic (exact) mass is 188 g/mol. The highest BCUT2D eigenvalue weighted by molar-refractivity contribution is 5.69. The van der Waals surface area contributed by atoms with E-state index in [1.165, 1.54) is 0 Å². The highest BCUT2D eigenvalue weighted by Gasteiger charge is 1.99. The lowest BCUT2D eigenvalue weighted by atomic mass is 10.3. The summed E-state index contributed by atoms with van der Waals surface area (Å²) < 4.78 is 10.2. The van der Waals surface area contributed by atoms with Gasteiger partial charge in [-0.3, -0.25) is 4.79 Å². The number of ether oxygens (including phenoxy) is 2. The smallest absolute Gasteiger partial charge is 0.305 e. The fourth-order valence-corrected chi connectivity index (χ4v) is 0.870. The van der Waals surface area contributed by atoms with Gasteiger partial charge in [0.05, 0.1) is 6.61 Å². The van der Waals surface area contributed by atoms with Crippen LogP contribution in [-0.2, 0) is 14.3 Å². The average molecular weight is 188 g/mol. The minimum absolute atomic E-state index is 0.0991. The highest BCUT2D eigenvalue weighted by Crippen LogP contribution is 1.93. The summed E-state index contributed by atoms with van der Waals surface area (Å²) in [5.74, 6) is -0.0991. The maximum atomic E-state index is 10.9. The molecule has 0 rings (SSSR count). The van der Waals surface area contributed by atoms with Crippen molar-refractivity contribution >= 4 is 5.97 Å². The van der Waals surface area contributed by atoms with Crippen LogP contribution in [0.1, 0.15) is 39.5 Å². The van der Waals surface area contributed by atoms with Crippen LogP contribution in [0.5, 0.6) is 0 Å². The zero-order valence-corrected chi connectivity index (χ0v) is 8.67. The van der Waals surface area contributed by atoms with Gasteiger partial charge in [0, 0.05) is 26.1 Å². The van der Waals surface area contributed by atoms with Gasteiger partial charge in [0.1, 0.15) is 0 Å². The first-order valence-corrected chi connectivity index (χ1v) is 5.04. The molecule has 13 heavy (non-hydrogen) atoms. The molecule has 0 aliphatic rings. The van der Waals surface area contributed by atoms with E-state index in [1.807, 2.05) is 6.92 Å². The van der Waals surface area contributed by atoms with Gasteiger partial charge in [-0.2, -0.15) is 0 Å². The van der Waals surface area contributed by atoms with Crippen LogP contribution in [0, 0.1) is 0 Å². The zero-order chi connectivity index (χ0) is 9.94. The Morgan fingerprint density at radius 3 is 2.46 bits per heavy atom. The summed E-state index contributed by atoms with van der Waals surface area (Å²) in [7, 11) is 0. The molecule has 0 aromatic rings. The van der Waals surface area contributed by atoms with E-state index in [4.69, 9.17) is 9.47 Å². The largest absolute Gasteiger partial charge is 0.466 e. The summed E-state index contributed by atoms with van der Waals surface area (Å²) in [4.78, 5) is 10.9. The third-order valence-corrected chi connectivity index (χ3v) is 1.50. The molecule has 0 aliphatic heterocycles. The van der Waals surface area contributed by atoms with Crippen LogP contribution in [0.3, 0.4) is 0 Å². The summed E-state index contributed by atoms with van der Waals surface area (Å²) >= 11 is 0. The van der Waals surface area contributed by atoms with Crippen molar-refractivity contribution < 1.29 is 14.3 Å². The fourth-order valence-electron chi connectivity index (χ4n) is 0.870. The van der Waals surface area contributed by atoms with Crippen LogP contribution in [0.25, 0.3) is 0 Å². The number of carbonyl (C=O) groups is 1. The molecule has 0 radical (unpaired) electrons. The molecule has 0 aromatic heterocycles. The lowest BCUT2D eigenvalue weighted by molar-refractivity contribution is -0.144. The standard InChI is InChI=1S/C10H20O3/c1-3-6-10(11)13-9-5-8-12-7-4-2/h3-9H2,1-2H3. The molecular formula is C10H20O3. The molecule has 0 saturated heterocycles. The van der Waals surface area contributed by atoms with Crippen LogP contribution in [-0.4, -0.2) is 25.8 Å². The van der Waals surface area contributed by atoms with Crippen molar-refractivity contribution in [3.63, 3.8) is 0 Å². The predicted molar refractivity (Wildman–Crippen MR) is 51.6 cm³/mol. The van der Waals surface area contributed by atoms with E-state index in [0.29, 0.717) is 19.6 Å². The molecule has 0 N–H and O–H groups in total. The van der Waals surface area contributed by atoms with E-state index in [9.17, 15) is 4.79 Å². The first-order chi connectivity index (χ1) is 6.31. The summed E-state index contributed by atoms with van der Waals surface area (Å²) in [5.41, 5.74) is 0. The lowest BCUT2D eigenvalue weighted by Crippen LogP contribution is -2.07. The number of rotatable bonds is 8. The Hall–Kier alpha value is -0.570. The average Bonchev–Trinajstić information content (AvgIpc) is 2.11. The first-order valence-electron chi connectivity index (χ1n) is 5.04. The topological polar surface area (TPSA) is 35.5 Å². The van der Waals surface area contributed by atoms with Crippen LogP contribution in [0.4, 0.5) is 0 Å². The maximum Gasteiger partial charge on any atom is 0.305 e. The Bertz CT molecular complexity index is 123. The van der Waals surface area contributed by atoms with Crippen molar-refractivity contribution in [1.82, 2.24) is 0 Å². The number of carbonyl (C=O) groups excluding carboxylic acids is 1. The van der Waals surface area contributed by atoms with Crippen molar-refractivity contribution in [3.8, 4) is 0 Å². The quantitative estimate of drug-likeness (QED) is 0.432. The van der Waals surface area contributed by atoms with Crippen molar-refractivity contribution in [2.75, 3.05) is 19.8 Å². The molecule has 78 valence electrons. The highest BCUT2D eigenvalue weighted by atomic mass is 16.5. The van der Waals surface area contributed by atoms with Crippen molar-refractivity contribution in [1.29, 1.82) is 0 Å². The molecule has 0 spiro atoms. The Morgan fingerprint density at radius 2 is 1.85 bits per heavy atom. The molecular weight excluding hydrogens is 168 g/mol. The summed E-state index contributed by atoms with van der Waals surface area (Å²) in [5, 5.41) is 0. The Balaban J connectivity index is 3.02. The lowest BCUT2D eigenvalue weighted by Gasteiger charge is -2.04. The van der Waals surface area contributed by atoms with Gasteiger partial charge in [-0.1, -0.05) is 13.8 Å². The molecule has 0 fully saturated rings. The normalized spacial score (nSPS) is 10.0. The van der Waals surface area contributed by atoms with Gasteiger partial charge in [-0.25, -0.2) is 0 Å². The number of hydrogen-bond acceptors (Lipinski definition) is 3. The summed E-state index contributed by atoms with van der Waals surface area (Å²) in [6.07, 6.45) is 3.21. The SMILES string of the molecule is CCCOCCCOC(=O)CCC. The molecule has 0 saturated carbocycles. The van der Waals surface area contributed by atoms with Gasteiger partial charge in [0.15, 0.2) is 0 Å². The maximum absolute atomic E-state index is 10.9. The zero-order valence-electron chi connectivity index (χ0n) is 8.67. The van der Waals surface area contributed by atoms with E-state index in [2.05, 4.69) is 6.92 Å². The minimum atomic E-state index is -0.0991. The van der Waals surface area contributed by atoms with Crippen LogP contribution >= 0.6 is 0 Å². The number of hydrogen-bond donors (Lipinski definition) is 0. The van der Waals surface area contributed by atoms with Crippen LogP contribution in [0.15, 0.2) is 0 Å². The van der Waals surface area contributed by atoms with Crippen molar-refractivity contribution in [3.05, 3.63) is 0 Å². The van der Waals surface area contributed by atoms with Crippen molar-refractivity contribution in [2.24, 2.45) is 0 Å². The third kappa shape index (κ3) is 9.34. The van der Waals surface area contributed by atoms with Gasteiger partial charge >= 0.3 is 5.97 Å². The van der Waals surface area contributed by atoms with Gasteiger partial charge in [0.25, 0.3) is 0 Å². The predicted octanol–water partition coefficient (Wildman–Crippen LogP) is 2.15. The molecule has 0 aliphatic carbocycles. The van der Waals surface area contributed by atoms with Crippen LogP contribution < -0.4 is 0 Å². The minimum Gasteiger partial charge on any atom is -0.466 e. The first kappa shape index (κ1) is 12.4. The van der Waals surface area contributed by atoms with Gasteiger partial charge in [-0.05, 0) is 12.8 Å². The van der Waals surface area contributed by atoms with Gasteiger partial charge in [-0.15, -0.1) is 0 Å². The van der Waals surface area contributed by atoms with Gasteiger partial charge in [0.2, 0.25) is 0 Å². The number of esters is 1. The van der Waals surface area contributed by atoms with Gasteiger partial charge < -0.3 is 9.47 Å². The Labute approximate surface area is 80.4 Å². The fraction of sp³-hybridized carbons (Fsp3) is 0.900. The Morgan fingerprint density at radius 1 is 1.08 bits per heavy atom. The van der Waals surface area contributed by atoms with E-state index in [0.717, 1.165) is 25.9 Å². The van der Waals surface area contributed by atoms with E-state index in [1.54, 1.807) is 0 Å². The molecule has 0 aromatic carbocycles. The second kappa shape index (κ2) is 9.52. The summed E-state index contributed by atoms with van der Waals surface area (Å²) in [6, 6.07) is 0. The third-order valence-electron chi connectivity index (χ3n) is 1.50. The van der Waals surface area contributed by atoms with E-state index in [-0.39, 0.29) is 5.97 Å². The molecule has 0 heterocycles. The van der Waals surface area contributed by atoms with E-state index < -0.39 is 0 Å². The molecule has 0 bridgehead atoms. The molecule has 3 nitrogen and oxygen atoms in total.